The number of benzene rings is 1. The van der Waals surface area contributed by atoms with Gasteiger partial charge in [-0.25, -0.2) is 0 Å². The number of Topliss-reactive ketones (excluding diaryl/α,β-unsaturated/α-hetero) is 1. The highest BCUT2D eigenvalue weighted by molar-refractivity contribution is 5.87. The number of pyridine rings is 1. The monoisotopic (exact) mass is 383 g/mol. The molecule has 150 valence electrons. The number of nitrogens with one attached hydrogen (secondary N) is 2. The molecule has 0 aliphatic heterocycles. The number of nitrogens with zero attached hydrogens (tertiary/aromatic N) is 1. The zero-order valence-corrected chi connectivity index (χ0v) is 16.7. The Morgan fingerprint density at radius 2 is 1.89 bits per heavy atom. The van der Waals surface area contributed by atoms with E-state index in [0.29, 0.717) is 25.8 Å². The molecule has 0 aliphatic rings. The van der Waals surface area contributed by atoms with Gasteiger partial charge in [0.15, 0.2) is 0 Å². The van der Waals surface area contributed by atoms with Gasteiger partial charge >= 0.3 is 0 Å². The Hall–Kier alpha value is -2.76. The van der Waals surface area contributed by atoms with Crippen LogP contribution >= 0.6 is 0 Å². The maximum Gasteiger partial charge on any atom is 0.242 e. The minimum absolute atomic E-state index is 0.201. The first-order valence-corrected chi connectivity index (χ1v) is 9.89. The lowest BCUT2D eigenvalue weighted by atomic mass is 10.0. The Bertz CT molecular complexity index is 820. The van der Waals surface area contributed by atoms with Crippen molar-refractivity contribution in [1.29, 1.82) is 0 Å². The molecule has 0 bridgehead atoms. The first-order valence-electron chi connectivity index (χ1n) is 9.89. The first kappa shape index (κ1) is 21.5. The number of fused-ring (bicyclic) bond motifs is 1. The third kappa shape index (κ3) is 7.10. The van der Waals surface area contributed by atoms with E-state index in [0.717, 1.165) is 35.7 Å². The molecular formula is C22H29N3O3. The minimum Gasteiger partial charge on any atom is -0.350 e. The van der Waals surface area contributed by atoms with Crippen LogP contribution in [0, 0.1) is 0 Å². The molecule has 28 heavy (non-hydrogen) atoms. The average molecular weight is 383 g/mol. The molecule has 2 rings (SSSR count). The zero-order valence-electron chi connectivity index (χ0n) is 16.7. The fraction of sp³-hybridized carbons (Fsp3) is 0.455. The maximum atomic E-state index is 12.5. The molecule has 0 spiro atoms. The van der Waals surface area contributed by atoms with Crippen LogP contribution in [0.1, 0.15) is 57.9 Å². The standard InChI is InChI=1S/C22H29N3O3/c1-3-19(27)10-5-4-6-12-21(25-16(2)26)22(28)24-15-17-13-18-9-7-8-11-20(18)23-14-17/h7-9,11,13-14,21H,3-6,10,12,15H2,1-2H3,(H,24,28)(H,25,26)/t21-/m0/s1. The van der Waals surface area contributed by atoms with Crippen LogP contribution in [-0.2, 0) is 20.9 Å². The summed E-state index contributed by atoms with van der Waals surface area (Å²) in [5.41, 5.74) is 1.82. The summed E-state index contributed by atoms with van der Waals surface area (Å²) in [6.45, 7) is 3.63. The summed E-state index contributed by atoms with van der Waals surface area (Å²) in [6.07, 6.45) is 5.94. The molecule has 2 amide bonds. The number of amides is 2. The molecule has 2 N–H and O–H groups in total. The molecule has 6 heteroatoms. The van der Waals surface area contributed by atoms with Crippen LogP contribution in [0.25, 0.3) is 10.9 Å². The lowest BCUT2D eigenvalue weighted by Crippen LogP contribution is -2.45. The number of aromatic nitrogens is 1. The topological polar surface area (TPSA) is 88.2 Å². The normalized spacial score (nSPS) is 11.8. The van der Waals surface area contributed by atoms with Gasteiger partial charge in [-0.15, -0.1) is 0 Å². The van der Waals surface area contributed by atoms with Crippen LogP contribution in [-0.4, -0.2) is 28.6 Å². The lowest BCUT2D eigenvalue weighted by molar-refractivity contribution is -0.128. The molecule has 1 atom stereocenters. The van der Waals surface area contributed by atoms with Crippen LogP contribution in [0.2, 0.25) is 0 Å². The highest BCUT2D eigenvalue weighted by Gasteiger charge is 2.18. The molecule has 0 unspecified atom stereocenters. The molecule has 0 saturated carbocycles. The second-order valence-corrected chi connectivity index (χ2v) is 7.00. The summed E-state index contributed by atoms with van der Waals surface area (Å²) in [6, 6.07) is 9.25. The molecule has 0 fully saturated rings. The molecule has 6 nitrogen and oxygen atoms in total. The highest BCUT2D eigenvalue weighted by Crippen LogP contribution is 2.13. The Balaban J connectivity index is 1.85. The summed E-state index contributed by atoms with van der Waals surface area (Å²) in [4.78, 5) is 39.7. The van der Waals surface area contributed by atoms with Gasteiger partial charge in [-0.05, 0) is 30.5 Å². The minimum atomic E-state index is -0.562. The molecular weight excluding hydrogens is 354 g/mol. The van der Waals surface area contributed by atoms with Crippen LogP contribution in [0.5, 0.6) is 0 Å². The molecule has 2 aromatic rings. The van der Waals surface area contributed by atoms with E-state index >= 15 is 0 Å². The molecule has 1 aromatic heterocycles. The van der Waals surface area contributed by atoms with Crippen molar-refractivity contribution >= 4 is 28.5 Å². The number of carbonyl (C=O) groups is 3. The Morgan fingerprint density at radius 3 is 2.64 bits per heavy atom. The van der Waals surface area contributed by atoms with E-state index < -0.39 is 6.04 Å². The molecule has 0 aliphatic carbocycles. The summed E-state index contributed by atoms with van der Waals surface area (Å²) < 4.78 is 0. The summed E-state index contributed by atoms with van der Waals surface area (Å²) in [7, 11) is 0. The van der Waals surface area contributed by atoms with Crippen molar-refractivity contribution in [3.05, 3.63) is 42.1 Å². The number of hydrogen-bond donors (Lipinski definition) is 2. The Labute approximate surface area is 166 Å². The lowest BCUT2D eigenvalue weighted by Gasteiger charge is -2.17. The van der Waals surface area contributed by atoms with Crippen molar-refractivity contribution in [3.8, 4) is 0 Å². The zero-order chi connectivity index (χ0) is 20.4. The van der Waals surface area contributed by atoms with Gasteiger partial charge in [0.25, 0.3) is 0 Å². The van der Waals surface area contributed by atoms with Crippen molar-refractivity contribution in [2.24, 2.45) is 0 Å². The van der Waals surface area contributed by atoms with Crippen LogP contribution in [0.3, 0.4) is 0 Å². The van der Waals surface area contributed by atoms with Gasteiger partial charge in [0, 0.05) is 37.9 Å². The number of para-hydroxylation sites is 1. The number of hydrogen-bond acceptors (Lipinski definition) is 4. The second kappa shape index (κ2) is 11.2. The fourth-order valence-corrected chi connectivity index (χ4v) is 3.06. The van der Waals surface area contributed by atoms with E-state index in [4.69, 9.17) is 0 Å². The van der Waals surface area contributed by atoms with E-state index in [1.807, 2.05) is 37.3 Å². The molecule has 0 saturated heterocycles. The van der Waals surface area contributed by atoms with Gasteiger partial charge in [-0.1, -0.05) is 38.0 Å². The quantitative estimate of drug-likeness (QED) is 0.583. The van der Waals surface area contributed by atoms with Crippen molar-refractivity contribution in [3.63, 3.8) is 0 Å². The predicted molar refractivity (Wildman–Crippen MR) is 110 cm³/mol. The average Bonchev–Trinajstić information content (AvgIpc) is 2.70. The Morgan fingerprint density at radius 1 is 1.11 bits per heavy atom. The second-order valence-electron chi connectivity index (χ2n) is 7.00. The van der Waals surface area contributed by atoms with Crippen molar-refractivity contribution in [2.75, 3.05) is 0 Å². The third-order valence-electron chi connectivity index (χ3n) is 4.65. The van der Waals surface area contributed by atoms with Gasteiger partial charge in [0.2, 0.25) is 11.8 Å². The summed E-state index contributed by atoms with van der Waals surface area (Å²) in [5.74, 6) is -0.165. The van der Waals surface area contributed by atoms with E-state index in [9.17, 15) is 14.4 Å². The maximum absolute atomic E-state index is 12.5. The largest absolute Gasteiger partial charge is 0.350 e. The first-order chi connectivity index (χ1) is 13.5. The van der Waals surface area contributed by atoms with Crippen LogP contribution < -0.4 is 10.6 Å². The van der Waals surface area contributed by atoms with Gasteiger partial charge in [-0.2, -0.15) is 0 Å². The van der Waals surface area contributed by atoms with E-state index in [-0.39, 0.29) is 17.6 Å². The highest BCUT2D eigenvalue weighted by atomic mass is 16.2. The fourth-order valence-electron chi connectivity index (χ4n) is 3.06. The SMILES string of the molecule is CCC(=O)CCCCC[C@H](NC(C)=O)C(=O)NCc1cnc2ccccc2c1. The van der Waals surface area contributed by atoms with Crippen molar-refractivity contribution in [2.45, 2.75) is 65.0 Å². The van der Waals surface area contributed by atoms with Crippen molar-refractivity contribution in [1.82, 2.24) is 15.6 Å². The predicted octanol–water partition coefficient (Wildman–Crippen LogP) is 3.29. The number of carbonyl (C=O) groups excluding carboxylic acids is 3. The summed E-state index contributed by atoms with van der Waals surface area (Å²) >= 11 is 0. The smallest absolute Gasteiger partial charge is 0.242 e. The number of ketones is 1. The summed E-state index contributed by atoms with van der Waals surface area (Å²) in [5, 5.41) is 6.63. The van der Waals surface area contributed by atoms with Gasteiger partial charge in [-0.3, -0.25) is 19.4 Å². The van der Waals surface area contributed by atoms with Crippen molar-refractivity contribution < 1.29 is 14.4 Å². The number of unbranched alkanes of at least 4 members (excludes halogenated alkanes) is 2. The van der Waals surface area contributed by atoms with Crippen LogP contribution in [0.15, 0.2) is 36.5 Å². The van der Waals surface area contributed by atoms with E-state index in [1.54, 1.807) is 6.20 Å². The molecule has 1 aromatic carbocycles. The molecule has 0 radical (unpaired) electrons. The van der Waals surface area contributed by atoms with Gasteiger partial charge in [0.1, 0.15) is 11.8 Å². The van der Waals surface area contributed by atoms with Gasteiger partial charge < -0.3 is 10.6 Å². The van der Waals surface area contributed by atoms with E-state index in [1.165, 1.54) is 6.92 Å². The van der Waals surface area contributed by atoms with Gasteiger partial charge in [0.05, 0.1) is 5.52 Å². The Kier molecular flexibility index (Phi) is 8.59. The number of rotatable bonds is 11. The van der Waals surface area contributed by atoms with Crippen LogP contribution in [0.4, 0.5) is 0 Å². The third-order valence-corrected chi connectivity index (χ3v) is 4.65. The van der Waals surface area contributed by atoms with E-state index in [2.05, 4.69) is 15.6 Å². The molecule has 1 heterocycles.